The number of hydrogen-bond acceptors (Lipinski definition) is 3. The molecule has 0 aliphatic carbocycles. The quantitative estimate of drug-likeness (QED) is 0.622. The number of primary amides is 1. The molecule has 48 valence electrons. The number of amides is 1. The maximum absolute atomic E-state index is 10.4. The van der Waals surface area contributed by atoms with Crippen LogP contribution in [-0.4, -0.2) is 10.9 Å². The van der Waals surface area contributed by atoms with Crippen molar-refractivity contribution in [2.45, 2.75) is 6.92 Å². The summed E-state index contributed by atoms with van der Waals surface area (Å²) in [5.41, 5.74) is 5.29. The molecule has 1 aromatic rings. The highest BCUT2D eigenvalue weighted by atomic mass is 32.1. The molecule has 0 saturated heterocycles. The van der Waals surface area contributed by atoms with Crippen molar-refractivity contribution < 1.29 is 4.79 Å². The van der Waals surface area contributed by atoms with Gasteiger partial charge in [0, 0.05) is 5.38 Å². The predicted molar refractivity (Wildman–Crippen MR) is 35.4 cm³/mol. The van der Waals surface area contributed by atoms with Gasteiger partial charge in [0.1, 0.15) is 5.69 Å². The Morgan fingerprint density at radius 1 is 1.89 bits per heavy atom. The molecule has 0 atom stereocenters. The van der Waals surface area contributed by atoms with Crippen LogP contribution >= 0.6 is 11.3 Å². The Bertz CT molecular complexity index is 231. The lowest BCUT2D eigenvalue weighted by molar-refractivity contribution is 0.0996. The summed E-state index contributed by atoms with van der Waals surface area (Å²) in [5.74, 6) is -0.459. The van der Waals surface area contributed by atoms with Crippen LogP contribution in [0.4, 0.5) is 0 Å². The van der Waals surface area contributed by atoms with Crippen LogP contribution in [0.3, 0.4) is 0 Å². The number of aryl methyl sites for hydroxylation is 1. The van der Waals surface area contributed by atoms with E-state index in [0.717, 1.165) is 5.01 Å². The van der Waals surface area contributed by atoms with Gasteiger partial charge >= 0.3 is 0 Å². The fraction of sp³-hybridized carbons (Fsp3) is 0.200. The molecule has 0 radical (unpaired) electrons. The third-order valence-electron chi connectivity index (χ3n) is 0.871. The van der Waals surface area contributed by atoms with Crippen LogP contribution in [0, 0.1) is 6.92 Å². The van der Waals surface area contributed by atoms with Crippen LogP contribution in [-0.2, 0) is 0 Å². The van der Waals surface area contributed by atoms with Gasteiger partial charge in [-0.25, -0.2) is 4.98 Å². The van der Waals surface area contributed by atoms with E-state index in [1.54, 1.807) is 5.38 Å². The topological polar surface area (TPSA) is 56.0 Å². The first kappa shape index (κ1) is 6.22. The summed E-state index contributed by atoms with van der Waals surface area (Å²) in [7, 11) is 0. The lowest BCUT2D eigenvalue weighted by Gasteiger charge is -1.80. The minimum Gasteiger partial charge on any atom is -0.364 e. The molecule has 1 amide bonds. The van der Waals surface area contributed by atoms with Crippen LogP contribution < -0.4 is 5.73 Å². The van der Waals surface area contributed by atoms with E-state index in [0.29, 0.717) is 5.69 Å². The number of thiazole rings is 1. The van der Waals surface area contributed by atoms with E-state index in [4.69, 9.17) is 5.73 Å². The van der Waals surface area contributed by atoms with Crippen molar-refractivity contribution in [1.29, 1.82) is 0 Å². The Hall–Kier alpha value is -0.900. The molecule has 9 heavy (non-hydrogen) atoms. The second-order valence-electron chi connectivity index (χ2n) is 1.62. The summed E-state index contributed by atoms with van der Waals surface area (Å²) >= 11 is 1.42. The lowest BCUT2D eigenvalue weighted by atomic mass is 10.5. The molecule has 0 aromatic carbocycles. The number of carbonyl (C=O) groups excluding carboxylic acids is 1. The van der Waals surface area contributed by atoms with E-state index >= 15 is 0 Å². The zero-order valence-corrected chi connectivity index (χ0v) is 5.73. The van der Waals surface area contributed by atoms with Crippen LogP contribution in [0.5, 0.6) is 0 Å². The molecule has 2 N–H and O–H groups in total. The lowest BCUT2D eigenvalue weighted by Crippen LogP contribution is -2.10. The fourth-order valence-electron chi connectivity index (χ4n) is 0.477. The minimum atomic E-state index is -0.459. The van der Waals surface area contributed by atoms with Gasteiger partial charge in [-0.15, -0.1) is 11.3 Å². The molecule has 0 unspecified atom stereocenters. The van der Waals surface area contributed by atoms with Gasteiger partial charge in [0.05, 0.1) is 5.01 Å². The monoisotopic (exact) mass is 142 g/mol. The highest BCUT2D eigenvalue weighted by Crippen LogP contribution is 2.06. The average Bonchev–Trinajstić information content (AvgIpc) is 2.14. The van der Waals surface area contributed by atoms with E-state index in [9.17, 15) is 4.79 Å². The van der Waals surface area contributed by atoms with Gasteiger partial charge in [0.25, 0.3) is 5.91 Å². The van der Waals surface area contributed by atoms with Crippen molar-refractivity contribution in [1.82, 2.24) is 4.98 Å². The van der Waals surface area contributed by atoms with Crippen molar-refractivity contribution in [3.8, 4) is 0 Å². The van der Waals surface area contributed by atoms with Crippen molar-refractivity contribution in [2.24, 2.45) is 5.73 Å². The number of aromatic nitrogens is 1. The highest BCUT2D eigenvalue weighted by Gasteiger charge is 2.01. The maximum Gasteiger partial charge on any atom is 0.268 e. The van der Waals surface area contributed by atoms with Gasteiger partial charge in [-0.05, 0) is 6.92 Å². The summed E-state index contributed by atoms with van der Waals surface area (Å²) < 4.78 is 0. The van der Waals surface area contributed by atoms with Gasteiger partial charge in [0.2, 0.25) is 0 Å². The summed E-state index contributed by atoms with van der Waals surface area (Å²) in [6, 6.07) is 0. The maximum atomic E-state index is 10.4. The minimum absolute atomic E-state index is 0.359. The molecular formula is C5H6N2OS. The Morgan fingerprint density at radius 2 is 2.56 bits per heavy atom. The molecule has 1 heterocycles. The number of nitrogens with zero attached hydrogens (tertiary/aromatic N) is 1. The van der Waals surface area contributed by atoms with E-state index in [2.05, 4.69) is 4.98 Å². The van der Waals surface area contributed by atoms with Crippen LogP contribution in [0.1, 0.15) is 15.5 Å². The number of rotatable bonds is 1. The van der Waals surface area contributed by atoms with Crippen LogP contribution in [0.15, 0.2) is 5.38 Å². The zero-order chi connectivity index (χ0) is 6.85. The normalized spacial score (nSPS) is 9.44. The predicted octanol–water partition coefficient (Wildman–Crippen LogP) is 0.550. The summed E-state index contributed by atoms with van der Waals surface area (Å²) in [4.78, 5) is 14.2. The third-order valence-corrected chi connectivity index (χ3v) is 1.64. The number of hydrogen-bond donors (Lipinski definition) is 1. The molecule has 0 aliphatic heterocycles. The van der Waals surface area contributed by atoms with Gasteiger partial charge in [-0.3, -0.25) is 4.79 Å². The standard InChI is InChI=1S/C5H6N2OS/c1-3-7-4(2-9-3)5(6)8/h2H,1H3,(H2,6,8). The molecule has 0 fully saturated rings. The largest absolute Gasteiger partial charge is 0.364 e. The molecule has 4 heteroatoms. The fourth-order valence-corrected chi connectivity index (χ4v) is 1.08. The van der Waals surface area contributed by atoms with Gasteiger partial charge in [-0.1, -0.05) is 0 Å². The SMILES string of the molecule is Cc1nc(C(N)=O)cs1. The van der Waals surface area contributed by atoms with E-state index < -0.39 is 5.91 Å². The van der Waals surface area contributed by atoms with Crippen molar-refractivity contribution in [3.05, 3.63) is 16.1 Å². The van der Waals surface area contributed by atoms with E-state index in [1.165, 1.54) is 11.3 Å². The highest BCUT2D eigenvalue weighted by molar-refractivity contribution is 7.09. The Labute approximate surface area is 56.5 Å². The number of nitrogens with two attached hydrogens (primary N) is 1. The second-order valence-corrected chi connectivity index (χ2v) is 2.68. The van der Waals surface area contributed by atoms with Gasteiger partial charge in [0.15, 0.2) is 0 Å². The van der Waals surface area contributed by atoms with Gasteiger partial charge < -0.3 is 5.73 Å². The number of carbonyl (C=O) groups is 1. The Balaban J connectivity index is 2.98. The Kier molecular flexibility index (Phi) is 1.48. The van der Waals surface area contributed by atoms with Crippen molar-refractivity contribution in [3.63, 3.8) is 0 Å². The molecule has 0 saturated carbocycles. The van der Waals surface area contributed by atoms with Gasteiger partial charge in [-0.2, -0.15) is 0 Å². The molecule has 3 nitrogen and oxygen atoms in total. The van der Waals surface area contributed by atoms with Crippen LogP contribution in [0.2, 0.25) is 0 Å². The molecular weight excluding hydrogens is 136 g/mol. The summed E-state index contributed by atoms with van der Waals surface area (Å²) in [6.07, 6.45) is 0. The van der Waals surface area contributed by atoms with E-state index in [1.807, 2.05) is 6.92 Å². The molecule has 0 aliphatic rings. The van der Waals surface area contributed by atoms with Crippen LogP contribution in [0.25, 0.3) is 0 Å². The second kappa shape index (κ2) is 2.14. The smallest absolute Gasteiger partial charge is 0.268 e. The first-order valence-electron chi connectivity index (χ1n) is 2.42. The summed E-state index contributed by atoms with van der Waals surface area (Å²) in [5, 5.41) is 2.52. The third kappa shape index (κ3) is 1.26. The first-order valence-corrected chi connectivity index (χ1v) is 3.30. The van der Waals surface area contributed by atoms with Crippen molar-refractivity contribution >= 4 is 17.2 Å². The average molecular weight is 142 g/mol. The molecule has 1 aromatic heterocycles. The molecule has 0 bridgehead atoms. The summed E-state index contributed by atoms with van der Waals surface area (Å²) in [6.45, 7) is 1.83. The molecule has 1 rings (SSSR count). The molecule has 0 spiro atoms. The zero-order valence-electron chi connectivity index (χ0n) is 4.92. The Morgan fingerprint density at radius 3 is 2.78 bits per heavy atom. The van der Waals surface area contributed by atoms with E-state index in [-0.39, 0.29) is 0 Å². The van der Waals surface area contributed by atoms with Crippen molar-refractivity contribution in [2.75, 3.05) is 0 Å². The first-order chi connectivity index (χ1) is 4.20.